The van der Waals surface area contributed by atoms with Crippen LogP contribution in [0.2, 0.25) is 0 Å². The summed E-state index contributed by atoms with van der Waals surface area (Å²) in [7, 11) is 0. The number of hydrogen-bond acceptors (Lipinski definition) is 3. The van der Waals surface area contributed by atoms with Gasteiger partial charge in [-0.1, -0.05) is 6.07 Å². The highest BCUT2D eigenvalue weighted by Crippen LogP contribution is 2.22. The number of carbonyl (C=O) groups is 1. The van der Waals surface area contributed by atoms with Crippen LogP contribution in [0.15, 0.2) is 40.9 Å². The van der Waals surface area contributed by atoms with Crippen molar-refractivity contribution in [3.63, 3.8) is 0 Å². The van der Waals surface area contributed by atoms with Crippen LogP contribution in [0.1, 0.15) is 15.9 Å². The molecule has 1 N–H and O–H groups in total. The van der Waals surface area contributed by atoms with E-state index in [4.69, 9.17) is 0 Å². The highest BCUT2D eigenvalue weighted by Gasteiger charge is 2.15. The number of aryl methyl sites for hydroxylation is 1. The van der Waals surface area contributed by atoms with Gasteiger partial charge in [0.15, 0.2) is 0 Å². The maximum atomic E-state index is 13.1. The lowest BCUT2D eigenvalue weighted by molar-refractivity contribution is -0.385. The van der Waals surface area contributed by atoms with Crippen LogP contribution < -0.4 is 5.32 Å². The molecule has 21 heavy (non-hydrogen) atoms. The summed E-state index contributed by atoms with van der Waals surface area (Å²) in [5.74, 6) is -0.949. The lowest BCUT2D eigenvalue weighted by atomic mass is 10.1. The molecule has 2 rings (SSSR count). The molecule has 1 amide bonds. The third kappa shape index (κ3) is 3.43. The maximum absolute atomic E-state index is 13.1. The maximum Gasteiger partial charge on any atom is 0.273 e. The van der Waals surface area contributed by atoms with Crippen LogP contribution in [0, 0.1) is 22.9 Å². The average Bonchev–Trinajstić information content (AvgIpc) is 2.43. The Balaban J connectivity index is 2.26. The summed E-state index contributed by atoms with van der Waals surface area (Å²) in [6.45, 7) is 1.59. The predicted octanol–water partition coefficient (Wildman–Crippen LogP) is 4.06. The van der Waals surface area contributed by atoms with E-state index in [1.54, 1.807) is 6.92 Å². The van der Waals surface area contributed by atoms with Gasteiger partial charge in [0.2, 0.25) is 0 Å². The van der Waals surface area contributed by atoms with Crippen molar-refractivity contribution in [2.45, 2.75) is 6.92 Å². The molecule has 0 aromatic heterocycles. The largest absolute Gasteiger partial charge is 0.322 e. The monoisotopic (exact) mass is 352 g/mol. The minimum absolute atomic E-state index is 0.122. The lowest BCUT2D eigenvalue weighted by Gasteiger charge is -2.07. The summed E-state index contributed by atoms with van der Waals surface area (Å²) in [6.07, 6.45) is 0. The molecule has 0 aliphatic rings. The van der Waals surface area contributed by atoms with E-state index in [9.17, 15) is 19.3 Å². The van der Waals surface area contributed by atoms with E-state index in [2.05, 4.69) is 21.2 Å². The van der Waals surface area contributed by atoms with Gasteiger partial charge in [0.25, 0.3) is 11.6 Å². The number of hydrogen-bond donors (Lipinski definition) is 1. The van der Waals surface area contributed by atoms with Crippen molar-refractivity contribution in [1.82, 2.24) is 0 Å². The number of halogens is 2. The molecule has 0 heterocycles. The van der Waals surface area contributed by atoms with Crippen LogP contribution in [-0.2, 0) is 0 Å². The summed E-state index contributed by atoms with van der Waals surface area (Å²) < 4.78 is 13.3. The molecule has 0 aliphatic heterocycles. The van der Waals surface area contributed by atoms with E-state index >= 15 is 0 Å². The Labute approximate surface area is 128 Å². The van der Waals surface area contributed by atoms with Crippen LogP contribution in [0.4, 0.5) is 15.8 Å². The molecule has 0 bridgehead atoms. The van der Waals surface area contributed by atoms with E-state index in [1.807, 2.05) is 0 Å². The van der Waals surface area contributed by atoms with E-state index in [0.29, 0.717) is 11.3 Å². The standard InChI is InChI=1S/C14H10BrFN2O3/c1-8-2-3-9(6-13(8)18(20)21)14(19)17-10-4-5-12(16)11(15)7-10/h2-7H,1H3,(H,17,19). The molecule has 2 aromatic rings. The van der Waals surface area contributed by atoms with Crippen molar-refractivity contribution in [3.8, 4) is 0 Å². The van der Waals surface area contributed by atoms with Crippen LogP contribution in [-0.4, -0.2) is 10.8 Å². The summed E-state index contributed by atoms with van der Waals surface area (Å²) in [6, 6.07) is 8.24. The highest BCUT2D eigenvalue weighted by molar-refractivity contribution is 9.10. The van der Waals surface area contributed by atoms with E-state index in [0.717, 1.165) is 0 Å². The Morgan fingerprint density at radius 3 is 2.62 bits per heavy atom. The van der Waals surface area contributed by atoms with Crippen LogP contribution >= 0.6 is 15.9 Å². The van der Waals surface area contributed by atoms with Gasteiger partial charge in [0, 0.05) is 22.9 Å². The Hall–Kier alpha value is -2.28. The second kappa shape index (κ2) is 6.01. The number of anilines is 1. The Bertz CT molecular complexity index is 734. The number of carbonyl (C=O) groups excluding carboxylic acids is 1. The molecule has 0 spiro atoms. The molecular formula is C14H10BrFN2O3. The normalized spacial score (nSPS) is 10.2. The molecule has 0 fully saturated rings. The molecule has 2 aromatic carbocycles. The molecule has 7 heteroatoms. The van der Waals surface area contributed by atoms with Crippen molar-refractivity contribution in [1.29, 1.82) is 0 Å². The first-order valence-corrected chi connectivity index (χ1v) is 6.69. The second-order valence-corrected chi connectivity index (χ2v) is 5.20. The number of nitrogens with zero attached hydrogens (tertiary/aromatic N) is 1. The quantitative estimate of drug-likeness (QED) is 0.668. The summed E-state index contributed by atoms with van der Waals surface area (Å²) in [5.41, 5.74) is 0.897. The molecule has 5 nitrogen and oxygen atoms in total. The van der Waals surface area contributed by atoms with Gasteiger partial charge < -0.3 is 5.32 Å². The second-order valence-electron chi connectivity index (χ2n) is 4.34. The molecule has 0 radical (unpaired) electrons. The first kappa shape index (κ1) is 15.1. The lowest BCUT2D eigenvalue weighted by Crippen LogP contribution is -2.12. The third-order valence-corrected chi connectivity index (χ3v) is 3.45. The highest BCUT2D eigenvalue weighted by atomic mass is 79.9. The minimum Gasteiger partial charge on any atom is -0.322 e. The van der Waals surface area contributed by atoms with E-state index in [1.165, 1.54) is 36.4 Å². The number of rotatable bonds is 3. The first-order valence-electron chi connectivity index (χ1n) is 5.90. The van der Waals surface area contributed by atoms with Crippen molar-refractivity contribution in [3.05, 3.63) is 67.9 Å². The summed E-state index contributed by atoms with van der Waals surface area (Å²) >= 11 is 3.02. The Kier molecular flexibility index (Phi) is 4.32. The smallest absolute Gasteiger partial charge is 0.273 e. The van der Waals surface area contributed by atoms with Gasteiger partial charge in [-0.15, -0.1) is 0 Å². The molecule has 0 saturated carbocycles. The number of nitro groups is 1. The number of nitrogens with one attached hydrogen (secondary N) is 1. The SMILES string of the molecule is Cc1ccc(C(=O)Nc2ccc(F)c(Br)c2)cc1[N+](=O)[O-]. The summed E-state index contributed by atoms with van der Waals surface area (Å²) in [5, 5.41) is 13.4. The molecule has 108 valence electrons. The van der Waals surface area contributed by atoms with Gasteiger partial charge in [-0.3, -0.25) is 14.9 Å². The van der Waals surface area contributed by atoms with Gasteiger partial charge in [-0.05, 0) is 47.1 Å². The topological polar surface area (TPSA) is 72.2 Å². The zero-order chi connectivity index (χ0) is 15.6. The zero-order valence-corrected chi connectivity index (χ0v) is 12.5. The Morgan fingerprint density at radius 1 is 1.29 bits per heavy atom. The summed E-state index contributed by atoms with van der Waals surface area (Å²) in [4.78, 5) is 22.4. The van der Waals surface area contributed by atoms with Gasteiger partial charge in [0.1, 0.15) is 5.82 Å². The zero-order valence-electron chi connectivity index (χ0n) is 10.9. The average molecular weight is 353 g/mol. The van der Waals surface area contributed by atoms with Crippen LogP contribution in [0.25, 0.3) is 0 Å². The fourth-order valence-corrected chi connectivity index (χ4v) is 2.10. The van der Waals surface area contributed by atoms with Crippen LogP contribution in [0.3, 0.4) is 0 Å². The molecule has 0 atom stereocenters. The van der Waals surface area contributed by atoms with E-state index < -0.39 is 16.6 Å². The van der Waals surface area contributed by atoms with Gasteiger partial charge >= 0.3 is 0 Å². The van der Waals surface area contributed by atoms with Crippen molar-refractivity contribution < 1.29 is 14.1 Å². The van der Waals surface area contributed by atoms with E-state index in [-0.39, 0.29) is 15.7 Å². The number of nitro benzene ring substituents is 1. The Morgan fingerprint density at radius 2 is 2.00 bits per heavy atom. The van der Waals surface area contributed by atoms with Gasteiger partial charge in [0.05, 0.1) is 9.40 Å². The third-order valence-electron chi connectivity index (χ3n) is 2.85. The van der Waals surface area contributed by atoms with Crippen molar-refractivity contribution in [2.75, 3.05) is 5.32 Å². The molecular weight excluding hydrogens is 343 g/mol. The fourth-order valence-electron chi connectivity index (χ4n) is 1.72. The van der Waals surface area contributed by atoms with Gasteiger partial charge in [-0.25, -0.2) is 4.39 Å². The number of amides is 1. The minimum atomic E-state index is -0.541. The van der Waals surface area contributed by atoms with Crippen molar-refractivity contribution >= 4 is 33.2 Å². The first-order chi connectivity index (χ1) is 9.88. The predicted molar refractivity (Wildman–Crippen MR) is 79.9 cm³/mol. The van der Waals surface area contributed by atoms with Gasteiger partial charge in [-0.2, -0.15) is 0 Å². The number of benzene rings is 2. The molecule has 0 unspecified atom stereocenters. The van der Waals surface area contributed by atoms with Crippen LogP contribution in [0.5, 0.6) is 0 Å². The van der Waals surface area contributed by atoms with Crippen molar-refractivity contribution in [2.24, 2.45) is 0 Å². The molecule has 0 saturated heterocycles. The molecule has 0 aliphatic carbocycles. The fraction of sp³-hybridized carbons (Fsp3) is 0.0714.